The molecule has 1 heterocycles. The lowest BCUT2D eigenvalue weighted by molar-refractivity contribution is -0.141. The van der Waals surface area contributed by atoms with Crippen molar-refractivity contribution < 1.29 is 14.3 Å². The first kappa shape index (κ1) is 10.5. The summed E-state index contributed by atoms with van der Waals surface area (Å²) in [5.74, 6) is -1.41. The zero-order valence-corrected chi connectivity index (χ0v) is 8.59. The maximum atomic E-state index is 12.9. The maximum Gasteiger partial charge on any atom is 0.330 e. The van der Waals surface area contributed by atoms with E-state index in [0.717, 1.165) is 4.80 Å². The predicted molar refractivity (Wildman–Crippen MR) is 54.4 cm³/mol. The van der Waals surface area contributed by atoms with Crippen LogP contribution < -0.4 is 0 Å². The minimum Gasteiger partial charge on any atom is -0.480 e. The van der Waals surface area contributed by atoms with Crippen molar-refractivity contribution in [1.29, 1.82) is 0 Å². The van der Waals surface area contributed by atoms with Gasteiger partial charge in [0.2, 0.25) is 0 Å². The number of carboxylic acids is 1. The molecule has 1 aromatic heterocycles. The highest BCUT2D eigenvalue weighted by Crippen LogP contribution is 2.15. The van der Waals surface area contributed by atoms with Gasteiger partial charge in [-0.05, 0) is 18.6 Å². The lowest BCUT2D eigenvalue weighted by Gasteiger charge is -2.06. The molecule has 0 aliphatic rings. The van der Waals surface area contributed by atoms with Crippen molar-refractivity contribution in [2.75, 3.05) is 0 Å². The van der Waals surface area contributed by atoms with E-state index in [-0.39, 0.29) is 0 Å². The minimum atomic E-state index is -0.997. The van der Waals surface area contributed by atoms with Crippen molar-refractivity contribution in [3.63, 3.8) is 0 Å². The molecule has 2 rings (SSSR count). The van der Waals surface area contributed by atoms with Crippen molar-refractivity contribution in [3.05, 3.63) is 24.0 Å². The van der Waals surface area contributed by atoms with Gasteiger partial charge in [0.15, 0.2) is 6.04 Å². The average Bonchev–Trinajstić information content (AvgIpc) is 2.60. The third-order valence-electron chi connectivity index (χ3n) is 2.31. The van der Waals surface area contributed by atoms with Crippen LogP contribution >= 0.6 is 0 Å². The highest BCUT2D eigenvalue weighted by atomic mass is 19.1. The lowest BCUT2D eigenvalue weighted by atomic mass is 10.2. The van der Waals surface area contributed by atoms with Crippen LogP contribution in [0.4, 0.5) is 4.39 Å². The normalized spacial score (nSPS) is 12.9. The van der Waals surface area contributed by atoms with Crippen molar-refractivity contribution in [2.45, 2.75) is 19.4 Å². The van der Waals surface area contributed by atoms with Crippen molar-refractivity contribution in [2.24, 2.45) is 0 Å². The first-order valence-electron chi connectivity index (χ1n) is 4.86. The van der Waals surface area contributed by atoms with E-state index in [0.29, 0.717) is 17.5 Å². The summed E-state index contributed by atoms with van der Waals surface area (Å²) < 4.78 is 12.9. The Morgan fingerprint density at radius 2 is 2.19 bits per heavy atom. The summed E-state index contributed by atoms with van der Waals surface area (Å²) in [6.45, 7) is 1.73. The molecule has 16 heavy (non-hydrogen) atoms. The largest absolute Gasteiger partial charge is 0.480 e. The SMILES string of the molecule is CCC(C(=O)O)n1nc2ccc(F)cc2n1. The van der Waals surface area contributed by atoms with Crippen LogP contribution in [0.25, 0.3) is 11.0 Å². The fourth-order valence-corrected chi connectivity index (χ4v) is 1.48. The van der Waals surface area contributed by atoms with E-state index in [9.17, 15) is 9.18 Å². The summed E-state index contributed by atoms with van der Waals surface area (Å²) in [5, 5.41) is 16.9. The van der Waals surface area contributed by atoms with Crippen LogP contribution in [0.15, 0.2) is 18.2 Å². The summed E-state index contributed by atoms with van der Waals surface area (Å²) in [5.41, 5.74) is 0.848. The van der Waals surface area contributed by atoms with E-state index < -0.39 is 17.8 Å². The number of fused-ring (bicyclic) bond motifs is 1. The smallest absolute Gasteiger partial charge is 0.330 e. The molecular formula is C10H10FN3O2. The molecule has 84 valence electrons. The summed E-state index contributed by atoms with van der Waals surface area (Å²) >= 11 is 0. The first-order chi connectivity index (χ1) is 7.61. The standard InChI is InChI=1S/C10H10FN3O2/c1-2-9(10(15)16)14-12-7-4-3-6(11)5-8(7)13-14/h3-5,9H,2H2,1H3,(H,15,16). The van der Waals surface area contributed by atoms with Crippen LogP contribution in [-0.2, 0) is 4.79 Å². The molecule has 0 aliphatic carbocycles. The Hall–Kier alpha value is -1.98. The van der Waals surface area contributed by atoms with Crippen LogP contribution in [-0.4, -0.2) is 26.1 Å². The van der Waals surface area contributed by atoms with Gasteiger partial charge in [0.25, 0.3) is 0 Å². The molecule has 0 saturated carbocycles. The number of carboxylic acid groups (broad SMARTS) is 1. The van der Waals surface area contributed by atoms with E-state index in [2.05, 4.69) is 10.2 Å². The van der Waals surface area contributed by atoms with Crippen molar-refractivity contribution in [1.82, 2.24) is 15.0 Å². The zero-order valence-electron chi connectivity index (χ0n) is 8.59. The van der Waals surface area contributed by atoms with E-state index in [1.54, 1.807) is 6.92 Å². The zero-order chi connectivity index (χ0) is 11.7. The molecule has 0 aliphatic heterocycles. The molecule has 0 radical (unpaired) electrons. The number of halogens is 1. The number of benzene rings is 1. The van der Waals surface area contributed by atoms with Gasteiger partial charge in [-0.15, -0.1) is 0 Å². The summed E-state index contributed by atoms with van der Waals surface area (Å²) in [6.07, 6.45) is 0.374. The fourth-order valence-electron chi connectivity index (χ4n) is 1.48. The van der Waals surface area contributed by atoms with Crippen LogP contribution in [0.2, 0.25) is 0 Å². The van der Waals surface area contributed by atoms with E-state index in [1.807, 2.05) is 0 Å². The predicted octanol–water partition coefficient (Wildman–Crippen LogP) is 1.61. The monoisotopic (exact) mass is 223 g/mol. The lowest BCUT2D eigenvalue weighted by Crippen LogP contribution is -2.20. The highest BCUT2D eigenvalue weighted by molar-refractivity contribution is 5.75. The quantitative estimate of drug-likeness (QED) is 0.858. The topological polar surface area (TPSA) is 68.0 Å². The second kappa shape index (κ2) is 3.88. The number of aliphatic carboxylic acids is 1. The van der Waals surface area contributed by atoms with Gasteiger partial charge >= 0.3 is 5.97 Å². The molecule has 1 unspecified atom stereocenters. The molecule has 0 spiro atoms. The number of carbonyl (C=O) groups is 1. The van der Waals surface area contributed by atoms with Gasteiger partial charge in [0.1, 0.15) is 16.9 Å². The molecule has 1 aromatic carbocycles. The number of hydrogen-bond donors (Lipinski definition) is 1. The summed E-state index contributed by atoms with van der Waals surface area (Å²) in [7, 11) is 0. The number of hydrogen-bond acceptors (Lipinski definition) is 3. The van der Waals surface area contributed by atoms with Crippen LogP contribution in [0, 0.1) is 5.82 Å². The van der Waals surface area contributed by atoms with E-state index in [1.165, 1.54) is 18.2 Å². The first-order valence-corrected chi connectivity index (χ1v) is 4.86. The number of nitrogens with zero attached hydrogens (tertiary/aromatic N) is 3. The molecule has 0 saturated heterocycles. The van der Waals surface area contributed by atoms with Gasteiger partial charge in [-0.3, -0.25) is 0 Å². The molecule has 1 N–H and O–H groups in total. The molecule has 5 nitrogen and oxygen atoms in total. The van der Waals surface area contributed by atoms with Crippen molar-refractivity contribution >= 4 is 17.0 Å². The van der Waals surface area contributed by atoms with E-state index in [4.69, 9.17) is 5.11 Å². The Labute approximate surface area is 90.5 Å². The Morgan fingerprint density at radius 3 is 2.81 bits per heavy atom. The number of aromatic nitrogens is 3. The summed E-state index contributed by atoms with van der Waals surface area (Å²) in [6, 6.07) is 3.16. The Morgan fingerprint density at radius 1 is 1.50 bits per heavy atom. The molecule has 6 heteroatoms. The molecule has 0 bridgehead atoms. The molecule has 2 aromatic rings. The second-order valence-electron chi connectivity index (χ2n) is 3.42. The van der Waals surface area contributed by atoms with Crippen LogP contribution in [0.3, 0.4) is 0 Å². The van der Waals surface area contributed by atoms with Crippen LogP contribution in [0.1, 0.15) is 19.4 Å². The Balaban J connectivity index is 2.49. The molecular weight excluding hydrogens is 213 g/mol. The van der Waals surface area contributed by atoms with Gasteiger partial charge in [-0.1, -0.05) is 6.92 Å². The number of rotatable bonds is 3. The molecule has 1 atom stereocenters. The van der Waals surface area contributed by atoms with Gasteiger partial charge < -0.3 is 5.11 Å². The van der Waals surface area contributed by atoms with Crippen molar-refractivity contribution in [3.8, 4) is 0 Å². The van der Waals surface area contributed by atoms with Crippen LogP contribution in [0.5, 0.6) is 0 Å². The van der Waals surface area contributed by atoms with E-state index >= 15 is 0 Å². The molecule has 0 fully saturated rings. The third kappa shape index (κ3) is 1.73. The van der Waals surface area contributed by atoms with Gasteiger partial charge in [-0.2, -0.15) is 15.0 Å². The minimum absolute atomic E-state index is 0.361. The Bertz CT molecular complexity index is 538. The maximum absolute atomic E-state index is 12.9. The molecule has 0 amide bonds. The van der Waals surface area contributed by atoms with Gasteiger partial charge in [0.05, 0.1) is 0 Å². The third-order valence-corrected chi connectivity index (χ3v) is 2.31. The van der Waals surface area contributed by atoms with Gasteiger partial charge in [-0.25, -0.2) is 9.18 Å². The second-order valence-corrected chi connectivity index (χ2v) is 3.42. The summed E-state index contributed by atoms with van der Waals surface area (Å²) in [4.78, 5) is 12.0. The highest BCUT2D eigenvalue weighted by Gasteiger charge is 2.20. The average molecular weight is 223 g/mol. The Kier molecular flexibility index (Phi) is 2.55. The van der Waals surface area contributed by atoms with Gasteiger partial charge in [0, 0.05) is 6.07 Å². The fraction of sp³-hybridized carbons (Fsp3) is 0.300.